The molecule has 0 spiro atoms. The Bertz CT molecular complexity index is 468. The van der Waals surface area contributed by atoms with Gasteiger partial charge in [-0.05, 0) is 31.2 Å². The topological polar surface area (TPSA) is 55.1 Å². The van der Waals surface area contributed by atoms with E-state index in [9.17, 15) is 18.0 Å². The minimum absolute atomic E-state index is 0.0645. The van der Waals surface area contributed by atoms with Crippen LogP contribution in [-0.4, -0.2) is 18.1 Å². The molecule has 0 aliphatic heterocycles. The molecule has 1 aliphatic carbocycles. The molecule has 3 N–H and O–H groups in total. The van der Waals surface area contributed by atoms with Gasteiger partial charge in [-0.15, -0.1) is 0 Å². The Labute approximate surface area is 121 Å². The molecule has 0 heterocycles. The standard InChI is InChI=1S/C15H19F3N2O/c16-15(17,18)11-6-8-12(9-7-11)20-14(21)13(19)10-4-2-1-3-5-10/h1-5,11-13H,6-9,19H2,(H,20,21)/t11?,12?,13-/m0/s1. The summed E-state index contributed by atoms with van der Waals surface area (Å²) in [6, 6.07) is 7.91. The zero-order chi connectivity index (χ0) is 15.5. The van der Waals surface area contributed by atoms with Gasteiger partial charge in [0.25, 0.3) is 0 Å². The Morgan fingerprint density at radius 3 is 2.24 bits per heavy atom. The van der Waals surface area contributed by atoms with Gasteiger partial charge in [0, 0.05) is 6.04 Å². The number of carbonyl (C=O) groups excluding carboxylic acids is 1. The highest BCUT2D eigenvalue weighted by Crippen LogP contribution is 2.37. The molecule has 1 aromatic carbocycles. The molecule has 0 saturated heterocycles. The lowest BCUT2D eigenvalue weighted by Crippen LogP contribution is -2.43. The number of carbonyl (C=O) groups is 1. The van der Waals surface area contributed by atoms with Gasteiger partial charge in [0.15, 0.2) is 0 Å². The fraction of sp³-hybridized carbons (Fsp3) is 0.533. The van der Waals surface area contributed by atoms with E-state index >= 15 is 0 Å². The first-order valence-corrected chi connectivity index (χ1v) is 7.05. The quantitative estimate of drug-likeness (QED) is 0.902. The van der Waals surface area contributed by atoms with Crippen LogP contribution in [0.15, 0.2) is 30.3 Å². The number of benzene rings is 1. The highest BCUT2D eigenvalue weighted by atomic mass is 19.4. The lowest BCUT2D eigenvalue weighted by atomic mass is 9.85. The molecule has 1 saturated carbocycles. The molecule has 2 rings (SSSR count). The van der Waals surface area contributed by atoms with Gasteiger partial charge >= 0.3 is 6.18 Å². The van der Waals surface area contributed by atoms with Crippen LogP contribution in [0.3, 0.4) is 0 Å². The molecule has 1 aromatic rings. The van der Waals surface area contributed by atoms with E-state index in [0.29, 0.717) is 18.4 Å². The van der Waals surface area contributed by atoms with Crippen LogP contribution in [0, 0.1) is 5.92 Å². The van der Waals surface area contributed by atoms with E-state index in [1.165, 1.54) is 0 Å². The van der Waals surface area contributed by atoms with Gasteiger partial charge in [-0.1, -0.05) is 30.3 Å². The first-order valence-electron chi connectivity index (χ1n) is 7.05. The van der Waals surface area contributed by atoms with Crippen molar-refractivity contribution in [3.63, 3.8) is 0 Å². The third-order valence-electron chi connectivity index (χ3n) is 3.98. The molecular formula is C15H19F3N2O. The average Bonchev–Trinajstić information content (AvgIpc) is 2.47. The van der Waals surface area contributed by atoms with Crippen molar-refractivity contribution in [3.8, 4) is 0 Å². The Morgan fingerprint density at radius 2 is 1.71 bits per heavy atom. The normalized spacial score (nSPS) is 24.4. The Balaban J connectivity index is 1.85. The van der Waals surface area contributed by atoms with Crippen molar-refractivity contribution >= 4 is 5.91 Å². The summed E-state index contributed by atoms with van der Waals surface area (Å²) >= 11 is 0. The van der Waals surface area contributed by atoms with E-state index in [1.54, 1.807) is 24.3 Å². The van der Waals surface area contributed by atoms with Crippen molar-refractivity contribution in [2.75, 3.05) is 0 Å². The summed E-state index contributed by atoms with van der Waals surface area (Å²) in [6.07, 6.45) is -3.31. The summed E-state index contributed by atoms with van der Waals surface area (Å²) in [7, 11) is 0. The molecule has 1 fully saturated rings. The number of hydrogen-bond acceptors (Lipinski definition) is 2. The van der Waals surface area contributed by atoms with Crippen molar-refractivity contribution in [2.45, 2.75) is 43.9 Å². The molecule has 1 amide bonds. The third-order valence-corrected chi connectivity index (χ3v) is 3.98. The Kier molecular flexibility index (Phi) is 4.88. The van der Waals surface area contributed by atoms with Gasteiger partial charge < -0.3 is 11.1 Å². The predicted octanol–water partition coefficient (Wildman–Crippen LogP) is 2.92. The van der Waals surface area contributed by atoms with E-state index in [0.717, 1.165) is 0 Å². The highest BCUT2D eigenvalue weighted by Gasteiger charge is 2.41. The fourth-order valence-electron chi connectivity index (χ4n) is 2.67. The molecule has 21 heavy (non-hydrogen) atoms. The Hall–Kier alpha value is -1.56. The molecule has 1 aliphatic rings. The largest absolute Gasteiger partial charge is 0.391 e. The van der Waals surface area contributed by atoms with Crippen LogP contribution in [0.5, 0.6) is 0 Å². The maximum Gasteiger partial charge on any atom is 0.391 e. The highest BCUT2D eigenvalue weighted by molar-refractivity contribution is 5.83. The van der Waals surface area contributed by atoms with Gasteiger partial charge in [0.1, 0.15) is 6.04 Å². The van der Waals surface area contributed by atoms with Crippen LogP contribution >= 0.6 is 0 Å². The van der Waals surface area contributed by atoms with Crippen molar-refractivity contribution in [1.82, 2.24) is 5.32 Å². The van der Waals surface area contributed by atoms with Gasteiger partial charge in [0.2, 0.25) is 5.91 Å². The molecule has 0 radical (unpaired) electrons. The summed E-state index contributed by atoms with van der Waals surface area (Å²) in [5.41, 5.74) is 6.55. The number of hydrogen-bond donors (Lipinski definition) is 2. The monoisotopic (exact) mass is 300 g/mol. The van der Waals surface area contributed by atoms with E-state index < -0.39 is 18.1 Å². The summed E-state index contributed by atoms with van der Waals surface area (Å²) in [5, 5.41) is 2.76. The summed E-state index contributed by atoms with van der Waals surface area (Å²) in [6.45, 7) is 0. The van der Waals surface area contributed by atoms with Crippen LogP contribution in [0.2, 0.25) is 0 Å². The number of amides is 1. The first kappa shape index (κ1) is 15.8. The van der Waals surface area contributed by atoms with Crippen LogP contribution < -0.4 is 11.1 Å². The second-order valence-corrected chi connectivity index (χ2v) is 5.49. The number of nitrogens with two attached hydrogens (primary N) is 1. The lowest BCUT2D eigenvalue weighted by Gasteiger charge is -2.30. The van der Waals surface area contributed by atoms with Crippen LogP contribution in [0.25, 0.3) is 0 Å². The van der Waals surface area contributed by atoms with Crippen molar-refractivity contribution in [2.24, 2.45) is 11.7 Å². The SMILES string of the molecule is N[C@H](C(=O)NC1CCC(C(F)(F)F)CC1)c1ccccc1. The molecule has 116 valence electrons. The fourth-order valence-corrected chi connectivity index (χ4v) is 2.67. The number of nitrogens with one attached hydrogen (secondary N) is 1. The number of alkyl halides is 3. The molecule has 6 heteroatoms. The van der Waals surface area contributed by atoms with E-state index in [1.807, 2.05) is 6.07 Å². The van der Waals surface area contributed by atoms with Gasteiger partial charge in [-0.3, -0.25) is 4.79 Å². The second kappa shape index (κ2) is 6.47. The zero-order valence-electron chi connectivity index (χ0n) is 11.6. The molecule has 0 unspecified atom stereocenters. The van der Waals surface area contributed by atoms with Crippen LogP contribution in [0.4, 0.5) is 13.2 Å². The van der Waals surface area contributed by atoms with Gasteiger partial charge in [0.05, 0.1) is 5.92 Å². The third kappa shape index (κ3) is 4.20. The van der Waals surface area contributed by atoms with E-state index in [-0.39, 0.29) is 24.8 Å². The predicted molar refractivity (Wildman–Crippen MR) is 73.3 cm³/mol. The van der Waals surface area contributed by atoms with E-state index in [4.69, 9.17) is 5.73 Å². The summed E-state index contributed by atoms with van der Waals surface area (Å²) < 4.78 is 37.7. The summed E-state index contributed by atoms with van der Waals surface area (Å²) in [4.78, 5) is 12.0. The minimum atomic E-state index is -4.13. The first-order chi connectivity index (χ1) is 9.88. The average molecular weight is 300 g/mol. The van der Waals surface area contributed by atoms with Crippen molar-refractivity contribution in [1.29, 1.82) is 0 Å². The molecule has 0 bridgehead atoms. The second-order valence-electron chi connectivity index (χ2n) is 5.49. The molecule has 1 atom stereocenters. The number of rotatable bonds is 3. The van der Waals surface area contributed by atoms with E-state index in [2.05, 4.69) is 5.32 Å². The summed E-state index contributed by atoms with van der Waals surface area (Å²) in [5.74, 6) is -1.58. The molecule has 3 nitrogen and oxygen atoms in total. The van der Waals surface area contributed by atoms with Crippen molar-refractivity contribution in [3.05, 3.63) is 35.9 Å². The van der Waals surface area contributed by atoms with Crippen LogP contribution in [-0.2, 0) is 4.79 Å². The number of halogens is 3. The minimum Gasteiger partial charge on any atom is -0.352 e. The van der Waals surface area contributed by atoms with Gasteiger partial charge in [-0.2, -0.15) is 13.2 Å². The Morgan fingerprint density at radius 1 is 1.14 bits per heavy atom. The van der Waals surface area contributed by atoms with Crippen LogP contribution in [0.1, 0.15) is 37.3 Å². The molecular weight excluding hydrogens is 281 g/mol. The maximum absolute atomic E-state index is 12.6. The van der Waals surface area contributed by atoms with Crippen molar-refractivity contribution < 1.29 is 18.0 Å². The van der Waals surface area contributed by atoms with Gasteiger partial charge in [-0.25, -0.2) is 0 Å². The molecule has 0 aromatic heterocycles. The lowest BCUT2D eigenvalue weighted by molar-refractivity contribution is -0.182. The zero-order valence-corrected chi connectivity index (χ0v) is 11.6. The smallest absolute Gasteiger partial charge is 0.352 e. The maximum atomic E-state index is 12.6.